The number of nitrogens with zero attached hydrogens (tertiary/aromatic N) is 1. The van der Waals surface area contributed by atoms with Crippen LogP contribution in [-0.2, 0) is 21.9 Å². The van der Waals surface area contributed by atoms with Gasteiger partial charge in [0.2, 0.25) is 11.8 Å². The van der Waals surface area contributed by atoms with Crippen molar-refractivity contribution >= 4 is 23.6 Å². The van der Waals surface area contributed by atoms with Crippen LogP contribution in [0, 0.1) is 13.8 Å². The third kappa shape index (κ3) is 7.86. The summed E-state index contributed by atoms with van der Waals surface area (Å²) >= 11 is 1.58. The number of carbonyl (C=O) groups is 2. The smallest absolute Gasteiger partial charge is 0.242 e. The van der Waals surface area contributed by atoms with Crippen molar-refractivity contribution in [2.45, 2.75) is 65.4 Å². The maximum Gasteiger partial charge on any atom is 0.242 e. The van der Waals surface area contributed by atoms with E-state index in [1.54, 1.807) is 23.6 Å². The normalized spacial score (nSPS) is 12.3. The first-order valence-electron chi connectivity index (χ1n) is 10.4. The molecule has 0 heterocycles. The molecule has 2 rings (SSSR count). The van der Waals surface area contributed by atoms with Gasteiger partial charge in [-0.3, -0.25) is 9.59 Å². The summed E-state index contributed by atoms with van der Waals surface area (Å²) in [5.74, 6) is 0.955. The average Bonchev–Trinajstić information content (AvgIpc) is 2.65. The first-order chi connectivity index (χ1) is 14.0. The second-order valence-corrected chi connectivity index (χ2v) is 9.89. The number of carbonyl (C=O) groups excluding carboxylic acids is 2. The van der Waals surface area contributed by atoms with Gasteiger partial charge >= 0.3 is 0 Å². The van der Waals surface area contributed by atoms with Gasteiger partial charge in [0.05, 0.1) is 5.75 Å². The van der Waals surface area contributed by atoms with Crippen molar-refractivity contribution in [1.29, 1.82) is 0 Å². The Morgan fingerprint density at radius 3 is 2.27 bits per heavy atom. The van der Waals surface area contributed by atoms with E-state index in [-0.39, 0.29) is 17.4 Å². The van der Waals surface area contributed by atoms with Gasteiger partial charge in [0, 0.05) is 17.8 Å². The van der Waals surface area contributed by atoms with Crippen LogP contribution in [0.25, 0.3) is 0 Å². The van der Waals surface area contributed by atoms with Gasteiger partial charge in [0.15, 0.2) is 0 Å². The molecule has 0 aliphatic heterocycles. The quantitative estimate of drug-likeness (QED) is 0.655. The second kappa shape index (κ2) is 10.7. The summed E-state index contributed by atoms with van der Waals surface area (Å²) in [7, 11) is 0. The van der Waals surface area contributed by atoms with Gasteiger partial charge in [-0.15, -0.1) is 11.8 Å². The lowest BCUT2D eigenvalue weighted by Gasteiger charge is -2.31. The molecule has 0 radical (unpaired) electrons. The summed E-state index contributed by atoms with van der Waals surface area (Å²) in [6, 6.07) is 15.9. The molecule has 2 amide bonds. The van der Waals surface area contributed by atoms with Crippen LogP contribution < -0.4 is 5.32 Å². The van der Waals surface area contributed by atoms with Gasteiger partial charge in [-0.2, -0.15) is 0 Å². The largest absolute Gasteiger partial charge is 0.350 e. The van der Waals surface area contributed by atoms with Crippen molar-refractivity contribution in [3.05, 3.63) is 70.8 Å². The first kappa shape index (κ1) is 24.0. The lowest BCUT2D eigenvalue weighted by molar-refractivity contribution is -0.139. The molecule has 30 heavy (non-hydrogen) atoms. The number of nitrogens with one attached hydrogen (secondary N) is 1. The molecule has 0 aliphatic rings. The summed E-state index contributed by atoms with van der Waals surface area (Å²) in [6.07, 6.45) is 0. The second-order valence-electron chi connectivity index (χ2n) is 8.90. The molecule has 0 aromatic heterocycles. The van der Waals surface area contributed by atoms with E-state index in [0.29, 0.717) is 12.3 Å². The topological polar surface area (TPSA) is 49.4 Å². The Labute approximate surface area is 185 Å². The zero-order valence-electron chi connectivity index (χ0n) is 19.0. The van der Waals surface area contributed by atoms with Gasteiger partial charge in [-0.05, 0) is 52.7 Å². The Morgan fingerprint density at radius 2 is 1.67 bits per heavy atom. The number of hydrogen-bond acceptors (Lipinski definition) is 3. The molecule has 162 valence electrons. The number of aryl methyl sites for hydroxylation is 2. The Balaban J connectivity index is 2.09. The summed E-state index contributed by atoms with van der Waals surface area (Å²) < 4.78 is 0. The molecule has 0 fully saturated rings. The van der Waals surface area contributed by atoms with Crippen LogP contribution in [0.15, 0.2) is 48.5 Å². The van der Waals surface area contributed by atoms with Crippen LogP contribution >= 0.6 is 11.8 Å². The van der Waals surface area contributed by atoms with Crippen LogP contribution in [0.3, 0.4) is 0 Å². The van der Waals surface area contributed by atoms with Crippen molar-refractivity contribution in [3.8, 4) is 0 Å². The maximum absolute atomic E-state index is 13.1. The SMILES string of the molecule is Cc1ccc(CSCC(=O)N(Cc2cccc(C)c2)C(C)C(=O)NC(C)(C)C)cc1. The Kier molecular flexibility index (Phi) is 8.54. The Morgan fingerprint density at radius 1 is 1.00 bits per heavy atom. The molecular formula is C25H34N2O2S. The lowest BCUT2D eigenvalue weighted by Crippen LogP contribution is -2.52. The molecule has 0 saturated heterocycles. The summed E-state index contributed by atoms with van der Waals surface area (Å²) in [6.45, 7) is 12.2. The summed E-state index contributed by atoms with van der Waals surface area (Å²) in [4.78, 5) is 27.6. The fourth-order valence-corrected chi connectivity index (χ4v) is 3.96. The number of hydrogen-bond donors (Lipinski definition) is 1. The van der Waals surface area contributed by atoms with Gasteiger partial charge in [0.25, 0.3) is 0 Å². The van der Waals surface area contributed by atoms with Crippen LogP contribution in [0.1, 0.15) is 49.9 Å². The van der Waals surface area contributed by atoms with Crippen molar-refractivity contribution in [1.82, 2.24) is 10.2 Å². The van der Waals surface area contributed by atoms with Crippen molar-refractivity contribution < 1.29 is 9.59 Å². The molecule has 2 aromatic carbocycles. The van der Waals surface area contributed by atoms with Gasteiger partial charge in [-0.25, -0.2) is 0 Å². The molecule has 0 spiro atoms. The molecule has 1 unspecified atom stereocenters. The minimum atomic E-state index is -0.544. The highest BCUT2D eigenvalue weighted by Gasteiger charge is 2.28. The van der Waals surface area contributed by atoms with E-state index >= 15 is 0 Å². The Bertz CT molecular complexity index is 856. The fourth-order valence-electron chi connectivity index (χ4n) is 3.09. The van der Waals surface area contributed by atoms with E-state index in [1.807, 2.05) is 45.9 Å². The van der Waals surface area contributed by atoms with Crippen molar-refractivity contribution in [2.75, 3.05) is 5.75 Å². The highest BCUT2D eigenvalue weighted by molar-refractivity contribution is 7.99. The third-order valence-electron chi connectivity index (χ3n) is 4.72. The number of rotatable bonds is 8. The van der Waals surface area contributed by atoms with E-state index in [2.05, 4.69) is 42.6 Å². The molecule has 0 saturated carbocycles. The van der Waals surface area contributed by atoms with Crippen LogP contribution in [0.4, 0.5) is 0 Å². The molecule has 1 N–H and O–H groups in total. The first-order valence-corrected chi connectivity index (χ1v) is 11.5. The minimum Gasteiger partial charge on any atom is -0.350 e. The van der Waals surface area contributed by atoms with Crippen molar-refractivity contribution in [3.63, 3.8) is 0 Å². The molecule has 5 heteroatoms. The van der Waals surface area contributed by atoms with E-state index in [4.69, 9.17) is 0 Å². The Hall–Kier alpha value is -2.27. The minimum absolute atomic E-state index is 0.0230. The van der Waals surface area contributed by atoms with Crippen LogP contribution in [-0.4, -0.2) is 34.0 Å². The highest BCUT2D eigenvalue weighted by Crippen LogP contribution is 2.17. The van der Waals surface area contributed by atoms with Crippen molar-refractivity contribution in [2.24, 2.45) is 0 Å². The highest BCUT2D eigenvalue weighted by atomic mass is 32.2. The molecular weight excluding hydrogens is 392 g/mol. The monoisotopic (exact) mass is 426 g/mol. The maximum atomic E-state index is 13.1. The third-order valence-corrected chi connectivity index (χ3v) is 5.70. The molecule has 0 bridgehead atoms. The number of thioether (sulfide) groups is 1. The zero-order valence-corrected chi connectivity index (χ0v) is 19.8. The standard InChI is InChI=1S/C25H34N2O2S/c1-18-10-12-21(13-11-18)16-30-17-23(28)27(15-22-9-7-8-19(2)14-22)20(3)24(29)26-25(4,5)6/h7-14,20H,15-17H2,1-6H3,(H,26,29). The number of amides is 2. The van der Waals surface area contributed by atoms with Gasteiger partial charge in [-0.1, -0.05) is 59.7 Å². The van der Waals surface area contributed by atoms with E-state index < -0.39 is 6.04 Å². The van der Waals surface area contributed by atoms with E-state index in [9.17, 15) is 9.59 Å². The molecule has 4 nitrogen and oxygen atoms in total. The molecule has 0 aliphatic carbocycles. The zero-order chi connectivity index (χ0) is 22.3. The predicted octanol–water partition coefficient (Wildman–Crippen LogP) is 4.87. The summed E-state index contributed by atoms with van der Waals surface area (Å²) in [5, 5.41) is 3.00. The fraction of sp³-hybridized carbons (Fsp3) is 0.440. The predicted molar refractivity (Wildman–Crippen MR) is 126 cm³/mol. The van der Waals surface area contributed by atoms with E-state index in [0.717, 1.165) is 16.9 Å². The average molecular weight is 427 g/mol. The van der Waals surface area contributed by atoms with E-state index in [1.165, 1.54) is 11.1 Å². The van der Waals surface area contributed by atoms with Gasteiger partial charge in [0.1, 0.15) is 6.04 Å². The lowest BCUT2D eigenvalue weighted by atomic mass is 10.1. The van der Waals surface area contributed by atoms with Gasteiger partial charge < -0.3 is 10.2 Å². The molecule has 1 atom stereocenters. The van der Waals surface area contributed by atoms with Crippen LogP contribution in [0.5, 0.6) is 0 Å². The summed E-state index contributed by atoms with van der Waals surface area (Å²) in [5.41, 5.74) is 4.25. The van der Waals surface area contributed by atoms with Crippen LogP contribution in [0.2, 0.25) is 0 Å². The number of benzene rings is 2. The molecule has 2 aromatic rings.